The van der Waals surface area contributed by atoms with Gasteiger partial charge in [0.05, 0.1) is 20.8 Å². The number of methoxy groups -OCH3 is 2. The van der Waals surface area contributed by atoms with Crippen molar-refractivity contribution in [2.24, 2.45) is 4.99 Å². The molecular weight excluding hydrogens is 483 g/mol. The number of benzene rings is 1. The summed E-state index contributed by atoms with van der Waals surface area (Å²) in [6, 6.07) is 4.03. The van der Waals surface area contributed by atoms with Crippen LogP contribution in [0.25, 0.3) is 0 Å². The molecule has 0 radical (unpaired) electrons. The summed E-state index contributed by atoms with van der Waals surface area (Å²) in [7, 11) is 5.34. The van der Waals surface area contributed by atoms with Gasteiger partial charge in [-0.1, -0.05) is 6.92 Å². The molecule has 0 saturated carbocycles. The number of hydrogen-bond acceptors (Lipinski definition) is 5. The molecule has 1 aromatic heterocycles. The maximum Gasteiger partial charge on any atom is 0.194 e. The van der Waals surface area contributed by atoms with E-state index in [9.17, 15) is 0 Å². The highest BCUT2D eigenvalue weighted by Gasteiger charge is 2.12. The molecule has 0 spiro atoms. The lowest BCUT2D eigenvalue weighted by Crippen LogP contribution is -2.38. The van der Waals surface area contributed by atoms with Gasteiger partial charge in [0.15, 0.2) is 17.5 Å². The van der Waals surface area contributed by atoms with Crippen LogP contribution >= 0.6 is 24.0 Å². The van der Waals surface area contributed by atoms with Gasteiger partial charge < -0.3 is 24.3 Å². The lowest BCUT2D eigenvalue weighted by molar-refractivity contribution is 0.353. The third kappa shape index (κ3) is 6.76. The van der Waals surface area contributed by atoms with E-state index >= 15 is 0 Å². The summed E-state index contributed by atoms with van der Waals surface area (Å²) in [5.41, 5.74) is 2.32. The van der Waals surface area contributed by atoms with Crippen molar-refractivity contribution in [1.29, 1.82) is 0 Å². The zero-order valence-corrected chi connectivity index (χ0v) is 20.6. The van der Waals surface area contributed by atoms with Crippen molar-refractivity contribution in [3.63, 3.8) is 0 Å². The van der Waals surface area contributed by atoms with Crippen LogP contribution in [0.5, 0.6) is 11.5 Å². The van der Waals surface area contributed by atoms with E-state index in [0.29, 0.717) is 13.1 Å². The van der Waals surface area contributed by atoms with Gasteiger partial charge in [-0.25, -0.2) is 0 Å². The van der Waals surface area contributed by atoms with E-state index in [1.165, 1.54) is 0 Å². The lowest BCUT2D eigenvalue weighted by atomic mass is 10.1. The first-order valence-corrected chi connectivity index (χ1v) is 9.61. The average Bonchev–Trinajstić information content (AvgIpc) is 3.15. The normalized spacial score (nSPS) is 11.0. The molecule has 162 valence electrons. The first kappa shape index (κ1) is 25.0. The zero-order chi connectivity index (χ0) is 20.5. The number of ether oxygens (including phenoxy) is 2. The second-order valence-corrected chi connectivity index (χ2v) is 6.52. The van der Waals surface area contributed by atoms with Gasteiger partial charge in [-0.2, -0.15) is 0 Å². The number of guanidine groups is 1. The van der Waals surface area contributed by atoms with E-state index in [2.05, 4.69) is 41.2 Å². The minimum atomic E-state index is 0. The second-order valence-electron chi connectivity index (χ2n) is 6.52. The number of nitrogens with zero attached hydrogens (tertiary/aromatic N) is 5. The topological polar surface area (TPSA) is 76.8 Å². The summed E-state index contributed by atoms with van der Waals surface area (Å²) in [5, 5.41) is 11.5. The van der Waals surface area contributed by atoms with Crippen molar-refractivity contribution in [1.82, 2.24) is 25.0 Å². The van der Waals surface area contributed by atoms with Gasteiger partial charge in [0.1, 0.15) is 12.2 Å². The van der Waals surface area contributed by atoms with Crippen molar-refractivity contribution in [2.75, 3.05) is 34.4 Å². The molecule has 1 aromatic carbocycles. The molecule has 0 bridgehead atoms. The zero-order valence-electron chi connectivity index (χ0n) is 18.2. The summed E-state index contributed by atoms with van der Waals surface area (Å²) in [6.45, 7) is 9.16. The van der Waals surface area contributed by atoms with Crippen LogP contribution in [0.3, 0.4) is 0 Å². The molecule has 9 heteroatoms. The summed E-state index contributed by atoms with van der Waals surface area (Å²) in [6.07, 6.45) is 2.63. The van der Waals surface area contributed by atoms with Crippen LogP contribution in [0.4, 0.5) is 0 Å². The Hall–Kier alpha value is -2.04. The maximum absolute atomic E-state index is 5.45. The Labute approximate surface area is 190 Å². The van der Waals surface area contributed by atoms with E-state index in [1.807, 2.05) is 23.7 Å². The molecule has 1 heterocycles. The van der Waals surface area contributed by atoms with Gasteiger partial charge in [-0.3, -0.25) is 4.99 Å². The number of aromatic nitrogens is 3. The Kier molecular flexibility index (Phi) is 10.8. The third-order valence-corrected chi connectivity index (χ3v) is 4.56. The molecule has 2 aromatic rings. The molecule has 29 heavy (non-hydrogen) atoms. The number of halogens is 1. The van der Waals surface area contributed by atoms with Crippen molar-refractivity contribution in [3.05, 3.63) is 35.4 Å². The van der Waals surface area contributed by atoms with Crippen molar-refractivity contribution >= 4 is 29.9 Å². The molecule has 0 saturated heterocycles. The summed E-state index contributed by atoms with van der Waals surface area (Å²) < 4.78 is 12.9. The highest BCUT2D eigenvalue weighted by Crippen LogP contribution is 2.30. The average molecular weight is 516 g/mol. The van der Waals surface area contributed by atoms with Gasteiger partial charge >= 0.3 is 0 Å². The van der Waals surface area contributed by atoms with E-state index < -0.39 is 0 Å². The predicted molar refractivity (Wildman–Crippen MR) is 127 cm³/mol. The fraction of sp³-hybridized carbons (Fsp3) is 0.550. The van der Waals surface area contributed by atoms with Crippen LogP contribution in [0.2, 0.25) is 0 Å². The Morgan fingerprint density at radius 3 is 2.52 bits per heavy atom. The van der Waals surface area contributed by atoms with Gasteiger partial charge in [-0.15, -0.1) is 34.2 Å². The van der Waals surface area contributed by atoms with Crippen LogP contribution in [-0.2, 0) is 19.5 Å². The standard InChI is InChI=1S/C20H32N6O2.HI/c1-7-19-24-23-14-26(19)10-9-22-20(21-8-2)25(4)13-16-12-18(28-6)17(27-5)11-15(16)3;/h11-12,14H,7-10,13H2,1-6H3,(H,21,22);1H. The van der Waals surface area contributed by atoms with Crippen molar-refractivity contribution in [2.45, 2.75) is 40.3 Å². The number of aryl methyl sites for hydroxylation is 2. The summed E-state index contributed by atoms with van der Waals surface area (Å²) >= 11 is 0. The number of rotatable bonds is 9. The molecule has 0 atom stereocenters. The molecule has 0 unspecified atom stereocenters. The van der Waals surface area contributed by atoms with Crippen LogP contribution in [0.15, 0.2) is 23.5 Å². The molecule has 0 fully saturated rings. The Balaban J connectivity index is 0.00000420. The van der Waals surface area contributed by atoms with E-state index in [0.717, 1.165) is 53.9 Å². The molecule has 0 aliphatic heterocycles. The maximum atomic E-state index is 5.45. The minimum Gasteiger partial charge on any atom is -0.493 e. The van der Waals surface area contributed by atoms with Gasteiger partial charge in [0.25, 0.3) is 0 Å². The van der Waals surface area contributed by atoms with Gasteiger partial charge in [0, 0.05) is 33.1 Å². The van der Waals surface area contributed by atoms with E-state index in [4.69, 9.17) is 14.5 Å². The number of aliphatic imine (C=N–C) groups is 1. The van der Waals surface area contributed by atoms with Crippen molar-refractivity contribution < 1.29 is 9.47 Å². The highest BCUT2D eigenvalue weighted by molar-refractivity contribution is 14.0. The molecule has 8 nitrogen and oxygen atoms in total. The summed E-state index contributed by atoms with van der Waals surface area (Å²) in [4.78, 5) is 6.88. The van der Waals surface area contributed by atoms with Gasteiger partial charge in [0.2, 0.25) is 0 Å². The SMILES string of the molecule is CCNC(=NCCn1cnnc1CC)N(C)Cc1cc(OC)c(OC)cc1C.I. The van der Waals surface area contributed by atoms with Crippen LogP contribution in [0.1, 0.15) is 30.8 Å². The Morgan fingerprint density at radius 2 is 1.90 bits per heavy atom. The fourth-order valence-electron chi connectivity index (χ4n) is 3.00. The quantitative estimate of drug-likeness (QED) is 0.314. The first-order valence-electron chi connectivity index (χ1n) is 9.61. The fourth-order valence-corrected chi connectivity index (χ4v) is 3.00. The summed E-state index contributed by atoms with van der Waals surface area (Å²) in [5.74, 6) is 3.32. The molecule has 0 aliphatic rings. The van der Waals surface area contributed by atoms with E-state index in [-0.39, 0.29) is 24.0 Å². The smallest absolute Gasteiger partial charge is 0.194 e. The minimum absolute atomic E-state index is 0. The van der Waals surface area contributed by atoms with Crippen LogP contribution in [-0.4, -0.2) is 60.0 Å². The Bertz CT molecular complexity index is 793. The number of hydrogen-bond donors (Lipinski definition) is 1. The molecule has 1 N–H and O–H groups in total. The molecule has 0 aliphatic carbocycles. The third-order valence-electron chi connectivity index (χ3n) is 4.56. The van der Waals surface area contributed by atoms with Gasteiger partial charge in [-0.05, 0) is 37.1 Å². The van der Waals surface area contributed by atoms with E-state index in [1.54, 1.807) is 20.5 Å². The second kappa shape index (κ2) is 12.5. The van der Waals surface area contributed by atoms with Crippen LogP contribution < -0.4 is 14.8 Å². The molecule has 0 amide bonds. The predicted octanol–water partition coefficient (Wildman–Crippen LogP) is 2.88. The highest BCUT2D eigenvalue weighted by atomic mass is 127. The molecular formula is C20H33IN6O2. The monoisotopic (exact) mass is 516 g/mol. The first-order chi connectivity index (χ1) is 13.5. The number of nitrogens with one attached hydrogen (secondary N) is 1. The Morgan fingerprint density at radius 1 is 1.21 bits per heavy atom. The largest absolute Gasteiger partial charge is 0.493 e. The lowest BCUT2D eigenvalue weighted by Gasteiger charge is -2.23. The molecule has 2 rings (SSSR count). The van der Waals surface area contributed by atoms with Crippen molar-refractivity contribution in [3.8, 4) is 11.5 Å². The van der Waals surface area contributed by atoms with Crippen LogP contribution in [0, 0.1) is 6.92 Å².